The van der Waals surface area contributed by atoms with Crippen molar-refractivity contribution >= 4 is 5.97 Å². The van der Waals surface area contributed by atoms with Gasteiger partial charge in [0.15, 0.2) is 0 Å². The van der Waals surface area contributed by atoms with Crippen molar-refractivity contribution < 1.29 is 41.0 Å². The Balaban J connectivity index is 2.34. The fraction of sp³-hybridized carbons (Fsp3) is 0.950. The highest BCUT2D eigenvalue weighted by molar-refractivity contribution is 5.76. The fourth-order valence-corrected chi connectivity index (χ4v) is 4.97. The van der Waals surface area contributed by atoms with Crippen molar-refractivity contribution in [3.05, 3.63) is 0 Å². The van der Waals surface area contributed by atoms with E-state index in [1.165, 1.54) is 0 Å². The van der Waals surface area contributed by atoms with Crippen molar-refractivity contribution in [3.63, 3.8) is 0 Å². The molecule has 2 rings (SSSR count). The number of aliphatic hydroxyl groups is 1. The lowest BCUT2D eigenvalue weighted by Crippen LogP contribution is -2.59. The normalized spacial score (nSPS) is 28.3. The highest BCUT2D eigenvalue weighted by atomic mass is 19.4. The number of hydrogen-bond acceptors (Lipinski definition) is 3. The molecule has 3 nitrogen and oxygen atoms in total. The first kappa shape index (κ1) is 24.3. The molecule has 2 fully saturated rings. The molecule has 0 heterocycles. The Bertz CT molecular complexity index is 574. The Morgan fingerprint density at radius 1 is 1.07 bits per heavy atom. The lowest BCUT2D eigenvalue weighted by molar-refractivity contribution is -0.375. The van der Waals surface area contributed by atoms with Crippen LogP contribution in [0.1, 0.15) is 72.1 Å². The molecule has 9 heteroatoms. The van der Waals surface area contributed by atoms with Crippen LogP contribution in [0.25, 0.3) is 0 Å². The summed E-state index contributed by atoms with van der Waals surface area (Å²) in [4.78, 5) is 12.8. The maximum absolute atomic E-state index is 13.3. The average molecular weight is 432 g/mol. The molecule has 0 spiro atoms. The molecule has 2 bridgehead atoms. The minimum absolute atomic E-state index is 0.0809. The predicted octanol–water partition coefficient (Wildman–Crippen LogP) is 5.80. The minimum atomic E-state index is -5.93. The van der Waals surface area contributed by atoms with E-state index in [0.29, 0.717) is 32.1 Å². The van der Waals surface area contributed by atoms with Crippen molar-refractivity contribution in [1.82, 2.24) is 0 Å². The van der Waals surface area contributed by atoms with Crippen LogP contribution in [-0.2, 0) is 9.53 Å². The summed E-state index contributed by atoms with van der Waals surface area (Å²) in [7, 11) is 0. The van der Waals surface area contributed by atoms with Crippen LogP contribution in [0.15, 0.2) is 0 Å². The van der Waals surface area contributed by atoms with E-state index in [2.05, 4.69) is 0 Å². The van der Waals surface area contributed by atoms with Crippen LogP contribution < -0.4 is 0 Å². The molecule has 0 radical (unpaired) electrons. The summed E-state index contributed by atoms with van der Waals surface area (Å²) < 4.78 is 85.1. The molecule has 2 aliphatic carbocycles. The van der Waals surface area contributed by atoms with E-state index >= 15 is 0 Å². The third-order valence-electron chi connectivity index (χ3n) is 7.04. The Labute approximate surface area is 167 Å². The minimum Gasteiger partial charge on any atom is -0.462 e. The van der Waals surface area contributed by atoms with Gasteiger partial charge in [-0.05, 0) is 56.8 Å². The summed E-state index contributed by atoms with van der Waals surface area (Å²) in [5.74, 6) is -1.25. The molecule has 170 valence electrons. The highest BCUT2D eigenvalue weighted by Crippen LogP contribution is 2.54. The zero-order valence-corrected chi connectivity index (χ0v) is 17.0. The van der Waals surface area contributed by atoms with E-state index in [-0.39, 0.29) is 11.8 Å². The molecular formula is C20H30F6O3. The van der Waals surface area contributed by atoms with Gasteiger partial charge in [0.2, 0.25) is 0 Å². The molecular weight excluding hydrogens is 402 g/mol. The van der Waals surface area contributed by atoms with Crippen LogP contribution in [0.3, 0.4) is 0 Å². The number of ether oxygens (including phenoxy) is 1. The maximum atomic E-state index is 13.3. The first-order valence-electron chi connectivity index (χ1n) is 10.3. The van der Waals surface area contributed by atoms with E-state index in [1.54, 1.807) is 13.8 Å². The molecule has 2 saturated carbocycles. The molecule has 2 aliphatic rings. The van der Waals surface area contributed by atoms with E-state index in [4.69, 9.17) is 4.74 Å². The molecule has 0 aromatic carbocycles. The van der Waals surface area contributed by atoms with Gasteiger partial charge >= 0.3 is 18.3 Å². The van der Waals surface area contributed by atoms with Crippen LogP contribution in [0.5, 0.6) is 0 Å². The van der Waals surface area contributed by atoms with Gasteiger partial charge in [-0.2, -0.15) is 26.3 Å². The first-order valence-corrected chi connectivity index (χ1v) is 10.3. The van der Waals surface area contributed by atoms with Crippen LogP contribution in [0.2, 0.25) is 0 Å². The number of esters is 1. The summed E-state index contributed by atoms with van der Waals surface area (Å²) in [5.41, 5.74) is -5.90. The molecule has 0 saturated heterocycles. The zero-order valence-electron chi connectivity index (χ0n) is 17.0. The predicted molar refractivity (Wildman–Crippen MR) is 93.8 cm³/mol. The SMILES string of the molecule is CCCC(C)(CC)C(=O)OC(CC(O)(C(F)(F)F)C(F)(F)F)C1CC2CCC1C2. The second-order valence-corrected chi connectivity index (χ2v) is 9.01. The van der Waals surface area contributed by atoms with Gasteiger partial charge in [-0.1, -0.05) is 26.7 Å². The Morgan fingerprint density at radius 2 is 1.66 bits per heavy atom. The summed E-state index contributed by atoms with van der Waals surface area (Å²) in [6.07, 6.45) is -11.1. The van der Waals surface area contributed by atoms with E-state index in [0.717, 1.165) is 12.8 Å². The van der Waals surface area contributed by atoms with Gasteiger partial charge in [-0.25, -0.2) is 0 Å². The second-order valence-electron chi connectivity index (χ2n) is 9.01. The quantitative estimate of drug-likeness (QED) is 0.390. The Kier molecular flexibility index (Phi) is 6.92. The monoisotopic (exact) mass is 432 g/mol. The van der Waals surface area contributed by atoms with Crippen molar-refractivity contribution in [2.75, 3.05) is 0 Å². The Hall–Kier alpha value is -0.990. The van der Waals surface area contributed by atoms with Crippen molar-refractivity contribution in [2.45, 2.75) is 96.2 Å². The standard InChI is InChI=1S/C20H30F6O3/c1-4-8-17(3,5-2)16(27)29-15(14-10-12-6-7-13(14)9-12)11-18(28,19(21,22)23)20(24,25)26/h12-15,28H,4-11H2,1-3H3. The number of halogens is 6. The number of fused-ring (bicyclic) bond motifs is 2. The summed E-state index contributed by atoms with van der Waals surface area (Å²) in [6.45, 7) is 5.17. The molecule has 29 heavy (non-hydrogen) atoms. The zero-order chi connectivity index (χ0) is 22.3. The Morgan fingerprint density at radius 3 is 2.03 bits per heavy atom. The van der Waals surface area contributed by atoms with Gasteiger partial charge < -0.3 is 9.84 Å². The van der Waals surface area contributed by atoms with Gasteiger partial charge in [0.1, 0.15) is 6.10 Å². The number of alkyl halides is 6. The van der Waals surface area contributed by atoms with Gasteiger partial charge in [-0.15, -0.1) is 0 Å². The molecule has 5 atom stereocenters. The largest absolute Gasteiger partial charge is 0.462 e. The van der Waals surface area contributed by atoms with Gasteiger partial charge in [-0.3, -0.25) is 4.79 Å². The molecule has 0 aromatic heterocycles. The van der Waals surface area contributed by atoms with Crippen LogP contribution >= 0.6 is 0 Å². The molecule has 0 aliphatic heterocycles. The second kappa shape index (κ2) is 8.27. The third kappa shape index (κ3) is 4.69. The number of rotatable bonds is 8. The van der Waals surface area contributed by atoms with E-state index in [1.807, 2.05) is 6.92 Å². The molecule has 1 N–H and O–H groups in total. The lowest BCUT2D eigenvalue weighted by atomic mass is 9.79. The van der Waals surface area contributed by atoms with Crippen LogP contribution in [-0.4, -0.2) is 35.1 Å². The maximum Gasteiger partial charge on any atom is 0.426 e. The fourth-order valence-electron chi connectivity index (χ4n) is 4.97. The van der Waals surface area contributed by atoms with Gasteiger partial charge in [0.25, 0.3) is 5.60 Å². The lowest BCUT2D eigenvalue weighted by Gasteiger charge is -2.39. The van der Waals surface area contributed by atoms with Crippen molar-refractivity contribution in [1.29, 1.82) is 0 Å². The van der Waals surface area contributed by atoms with Gasteiger partial charge in [0.05, 0.1) is 5.41 Å². The van der Waals surface area contributed by atoms with E-state index < -0.39 is 47.8 Å². The topological polar surface area (TPSA) is 46.5 Å². The number of carbonyl (C=O) groups excluding carboxylic acids is 1. The highest BCUT2D eigenvalue weighted by Gasteiger charge is 2.71. The summed E-state index contributed by atoms with van der Waals surface area (Å²) in [5, 5.41) is 9.72. The average Bonchev–Trinajstić information content (AvgIpc) is 3.22. The number of hydrogen-bond donors (Lipinski definition) is 1. The van der Waals surface area contributed by atoms with E-state index in [9.17, 15) is 36.2 Å². The van der Waals surface area contributed by atoms with Crippen LogP contribution in [0.4, 0.5) is 26.3 Å². The van der Waals surface area contributed by atoms with Crippen LogP contribution in [0, 0.1) is 23.2 Å². The smallest absolute Gasteiger partial charge is 0.426 e. The van der Waals surface area contributed by atoms with Crippen molar-refractivity contribution in [3.8, 4) is 0 Å². The van der Waals surface area contributed by atoms with Gasteiger partial charge in [0, 0.05) is 6.42 Å². The third-order valence-corrected chi connectivity index (χ3v) is 7.04. The summed E-state index contributed by atoms with van der Waals surface area (Å²) >= 11 is 0. The number of carbonyl (C=O) groups is 1. The summed E-state index contributed by atoms with van der Waals surface area (Å²) in [6, 6.07) is 0. The molecule has 5 unspecified atom stereocenters. The molecule has 0 aromatic rings. The van der Waals surface area contributed by atoms with Crippen molar-refractivity contribution in [2.24, 2.45) is 23.2 Å². The molecule has 0 amide bonds. The first-order chi connectivity index (χ1) is 13.2.